The van der Waals surface area contributed by atoms with Gasteiger partial charge in [0.05, 0.1) is 12.3 Å². The number of amides is 2. The third-order valence-corrected chi connectivity index (χ3v) is 3.17. The lowest BCUT2D eigenvalue weighted by Crippen LogP contribution is -2.28. The van der Waals surface area contributed by atoms with E-state index in [1.807, 2.05) is 60.7 Å². The number of benzene rings is 2. The number of hydrogen-bond acceptors (Lipinski definition) is 2. The number of carbonyl (C=O) groups is 1. The molecule has 0 radical (unpaired) electrons. The summed E-state index contributed by atoms with van der Waals surface area (Å²) in [6, 6.07) is 19.2. The average Bonchev–Trinajstić information content (AvgIpc) is 2.99. The summed E-state index contributed by atoms with van der Waals surface area (Å²) in [6.07, 6.45) is 0.784. The Labute approximate surface area is 117 Å². The number of hydrogen-bond donors (Lipinski definition) is 1. The van der Waals surface area contributed by atoms with Gasteiger partial charge in [0.1, 0.15) is 0 Å². The van der Waals surface area contributed by atoms with Crippen LogP contribution in [-0.4, -0.2) is 23.3 Å². The van der Waals surface area contributed by atoms with Gasteiger partial charge in [-0.15, -0.1) is 0 Å². The molecule has 3 rings (SSSR count). The number of anilines is 1. The summed E-state index contributed by atoms with van der Waals surface area (Å²) in [5.74, 6) is 0. The van der Waals surface area contributed by atoms with Crippen molar-refractivity contribution in [1.29, 1.82) is 0 Å². The summed E-state index contributed by atoms with van der Waals surface area (Å²) < 4.78 is 0. The van der Waals surface area contributed by atoms with Gasteiger partial charge in [-0.2, -0.15) is 5.10 Å². The lowest BCUT2D eigenvalue weighted by molar-refractivity contribution is 0.219. The zero-order chi connectivity index (χ0) is 13.8. The molecule has 100 valence electrons. The molecule has 0 bridgehead atoms. The van der Waals surface area contributed by atoms with E-state index in [2.05, 4.69) is 10.4 Å². The highest BCUT2D eigenvalue weighted by Gasteiger charge is 2.21. The van der Waals surface area contributed by atoms with Crippen molar-refractivity contribution >= 4 is 17.4 Å². The van der Waals surface area contributed by atoms with Crippen molar-refractivity contribution in [1.82, 2.24) is 5.01 Å². The highest BCUT2D eigenvalue weighted by Crippen LogP contribution is 2.15. The Bertz CT molecular complexity index is 623. The first-order valence-electron chi connectivity index (χ1n) is 6.59. The van der Waals surface area contributed by atoms with Crippen LogP contribution < -0.4 is 5.32 Å². The summed E-state index contributed by atoms with van der Waals surface area (Å²) in [5.41, 5.74) is 2.80. The predicted octanol–water partition coefficient (Wildman–Crippen LogP) is 3.33. The number of rotatable bonds is 2. The number of carbonyl (C=O) groups excluding carboxylic acids is 1. The molecule has 0 atom stereocenters. The Hall–Kier alpha value is -2.62. The van der Waals surface area contributed by atoms with Crippen LogP contribution in [0.5, 0.6) is 0 Å². The van der Waals surface area contributed by atoms with Gasteiger partial charge in [-0.3, -0.25) is 0 Å². The van der Waals surface area contributed by atoms with E-state index in [1.165, 1.54) is 5.01 Å². The van der Waals surface area contributed by atoms with Crippen LogP contribution in [0.4, 0.5) is 10.5 Å². The Morgan fingerprint density at radius 3 is 2.35 bits per heavy atom. The fraction of sp³-hybridized carbons (Fsp3) is 0.125. The third-order valence-electron chi connectivity index (χ3n) is 3.17. The van der Waals surface area contributed by atoms with Gasteiger partial charge < -0.3 is 5.32 Å². The zero-order valence-electron chi connectivity index (χ0n) is 11.0. The summed E-state index contributed by atoms with van der Waals surface area (Å²) in [4.78, 5) is 12.1. The van der Waals surface area contributed by atoms with Crippen LogP contribution in [-0.2, 0) is 0 Å². The SMILES string of the molecule is O=C(Nc1ccccc1)N1CCC(c2ccccc2)=N1. The first-order chi connectivity index (χ1) is 9.83. The molecular weight excluding hydrogens is 250 g/mol. The molecule has 4 nitrogen and oxygen atoms in total. The Kier molecular flexibility index (Phi) is 3.46. The van der Waals surface area contributed by atoms with Crippen LogP contribution in [0.25, 0.3) is 0 Å². The molecule has 2 aromatic carbocycles. The van der Waals surface area contributed by atoms with Crippen LogP contribution in [0.3, 0.4) is 0 Å². The molecule has 2 amide bonds. The fourth-order valence-electron chi connectivity index (χ4n) is 2.15. The Morgan fingerprint density at radius 1 is 1.00 bits per heavy atom. The summed E-state index contributed by atoms with van der Waals surface area (Å²) in [6.45, 7) is 0.614. The summed E-state index contributed by atoms with van der Waals surface area (Å²) >= 11 is 0. The van der Waals surface area contributed by atoms with E-state index >= 15 is 0 Å². The van der Waals surface area contributed by atoms with Crippen molar-refractivity contribution in [2.24, 2.45) is 5.10 Å². The maximum atomic E-state index is 12.1. The van der Waals surface area contributed by atoms with Gasteiger partial charge in [-0.1, -0.05) is 48.5 Å². The molecule has 1 N–H and O–H groups in total. The monoisotopic (exact) mass is 265 g/mol. The molecular formula is C16H15N3O. The Balaban J connectivity index is 1.70. The molecule has 0 spiro atoms. The third kappa shape index (κ3) is 2.69. The number of urea groups is 1. The molecule has 20 heavy (non-hydrogen) atoms. The Morgan fingerprint density at radius 2 is 1.65 bits per heavy atom. The largest absolute Gasteiger partial charge is 0.342 e. The molecule has 1 heterocycles. The van der Waals surface area contributed by atoms with E-state index in [-0.39, 0.29) is 6.03 Å². The van der Waals surface area contributed by atoms with E-state index < -0.39 is 0 Å². The normalized spacial score (nSPS) is 14.0. The van der Waals surface area contributed by atoms with Crippen LogP contribution in [0.2, 0.25) is 0 Å². The van der Waals surface area contributed by atoms with E-state index in [0.29, 0.717) is 6.54 Å². The van der Waals surface area contributed by atoms with Crippen molar-refractivity contribution in [3.63, 3.8) is 0 Å². The topological polar surface area (TPSA) is 44.7 Å². The van der Waals surface area contributed by atoms with Gasteiger partial charge in [0.25, 0.3) is 0 Å². The number of nitrogens with zero attached hydrogens (tertiary/aromatic N) is 2. The second-order valence-electron chi connectivity index (χ2n) is 4.58. The highest BCUT2D eigenvalue weighted by molar-refractivity contribution is 6.03. The first kappa shape index (κ1) is 12.4. The minimum atomic E-state index is -0.192. The van der Waals surface area contributed by atoms with Gasteiger partial charge >= 0.3 is 6.03 Å². The van der Waals surface area contributed by atoms with Gasteiger partial charge in [0.15, 0.2) is 0 Å². The van der Waals surface area contributed by atoms with E-state index in [0.717, 1.165) is 23.4 Å². The lowest BCUT2D eigenvalue weighted by atomic mass is 10.1. The van der Waals surface area contributed by atoms with E-state index in [9.17, 15) is 4.79 Å². The molecule has 0 unspecified atom stereocenters. The lowest BCUT2D eigenvalue weighted by Gasteiger charge is -2.12. The van der Waals surface area contributed by atoms with Crippen molar-refractivity contribution in [2.75, 3.05) is 11.9 Å². The average molecular weight is 265 g/mol. The highest BCUT2D eigenvalue weighted by atomic mass is 16.2. The van der Waals surface area contributed by atoms with Gasteiger partial charge in [0, 0.05) is 12.1 Å². The second-order valence-corrected chi connectivity index (χ2v) is 4.58. The van der Waals surface area contributed by atoms with Crippen LogP contribution in [0.1, 0.15) is 12.0 Å². The van der Waals surface area contributed by atoms with Crippen molar-refractivity contribution in [2.45, 2.75) is 6.42 Å². The minimum absolute atomic E-state index is 0.192. The fourth-order valence-corrected chi connectivity index (χ4v) is 2.15. The second kappa shape index (κ2) is 5.57. The molecule has 1 aliphatic heterocycles. The smallest absolute Gasteiger partial charge is 0.306 e. The number of para-hydroxylation sites is 1. The van der Waals surface area contributed by atoms with Gasteiger partial charge in [-0.25, -0.2) is 9.80 Å². The van der Waals surface area contributed by atoms with Gasteiger partial charge in [0.2, 0.25) is 0 Å². The molecule has 4 heteroatoms. The first-order valence-corrected chi connectivity index (χ1v) is 6.59. The molecule has 0 aromatic heterocycles. The van der Waals surface area contributed by atoms with Crippen LogP contribution in [0, 0.1) is 0 Å². The quantitative estimate of drug-likeness (QED) is 0.889. The molecule has 0 saturated heterocycles. The number of nitrogens with one attached hydrogen (secondary N) is 1. The van der Waals surface area contributed by atoms with Crippen molar-refractivity contribution < 1.29 is 4.79 Å². The van der Waals surface area contributed by atoms with Crippen molar-refractivity contribution in [3.8, 4) is 0 Å². The van der Waals surface area contributed by atoms with Gasteiger partial charge in [-0.05, 0) is 17.7 Å². The van der Waals surface area contributed by atoms with Crippen molar-refractivity contribution in [3.05, 3.63) is 66.2 Å². The molecule has 0 fully saturated rings. The molecule has 1 aliphatic rings. The maximum Gasteiger partial charge on any atom is 0.342 e. The predicted molar refractivity (Wildman–Crippen MR) is 79.8 cm³/mol. The number of hydrazone groups is 1. The standard InChI is InChI=1S/C16H15N3O/c20-16(17-14-9-5-2-6-10-14)19-12-11-15(18-19)13-7-3-1-4-8-13/h1-10H,11-12H2,(H,17,20). The van der Waals surface area contributed by atoms with Crippen LogP contribution in [0.15, 0.2) is 65.8 Å². The van der Waals surface area contributed by atoms with E-state index in [4.69, 9.17) is 0 Å². The van der Waals surface area contributed by atoms with E-state index in [1.54, 1.807) is 0 Å². The summed E-state index contributed by atoms with van der Waals surface area (Å²) in [7, 11) is 0. The van der Waals surface area contributed by atoms with Crippen LogP contribution >= 0.6 is 0 Å². The zero-order valence-corrected chi connectivity index (χ0v) is 11.0. The summed E-state index contributed by atoms with van der Waals surface area (Å²) in [5, 5.41) is 8.71. The molecule has 0 aliphatic carbocycles. The minimum Gasteiger partial charge on any atom is -0.306 e. The molecule has 0 saturated carbocycles. The maximum absolute atomic E-state index is 12.1. The molecule has 2 aromatic rings.